The van der Waals surface area contributed by atoms with E-state index in [2.05, 4.69) is 21.9 Å². The average molecular weight is 293 g/mol. The van der Waals surface area contributed by atoms with E-state index in [1.54, 1.807) is 0 Å². The fraction of sp³-hybridized carbons (Fsp3) is 1.00. The lowest BCUT2D eigenvalue weighted by Crippen LogP contribution is -2.47. The fourth-order valence-electron chi connectivity index (χ4n) is 2.08. The molecule has 1 heterocycles. The minimum atomic E-state index is -3.16. The van der Waals surface area contributed by atoms with Crippen LogP contribution in [-0.2, 0) is 14.8 Å². The van der Waals surface area contributed by atoms with Crippen LogP contribution < -0.4 is 10.0 Å². The van der Waals surface area contributed by atoms with Crippen molar-refractivity contribution in [3.8, 4) is 0 Å². The van der Waals surface area contributed by atoms with Gasteiger partial charge in [0.05, 0.1) is 18.5 Å². The number of morpholine rings is 1. The summed E-state index contributed by atoms with van der Waals surface area (Å²) in [7, 11) is -1.29. The molecule has 0 bridgehead atoms. The zero-order valence-electron chi connectivity index (χ0n) is 12.0. The molecule has 1 rings (SSSR count). The van der Waals surface area contributed by atoms with E-state index in [1.165, 1.54) is 0 Å². The van der Waals surface area contributed by atoms with Crippen LogP contribution in [0.3, 0.4) is 0 Å². The van der Waals surface area contributed by atoms with Crippen molar-refractivity contribution < 1.29 is 13.2 Å². The maximum atomic E-state index is 11.8. The van der Waals surface area contributed by atoms with Gasteiger partial charge in [-0.3, -0.25) is 4.90 Å². The minimum Gasteiger partial charge on any atom is -0.374 e. The van der Waals surface area contributed by atoms with Crippen molar-refractivity contribution in [2.24, 2.45) is 0 Å². The second-order valence-electron chi connectivity index (χ2n) is 4.86. The molecule has 1 unspecified atom stereocenters. The predicted octanol–water partition coefficient (Wildman–Crippen LogP) is -0.374. The summed E-state index contributed by atoms with van der Waals surface area (Å²) in [5.74, 6) is 0.193. The van der Waals surface area contributed by atoms with Crippen molar-refractivity contribution in [3.63, 3.8) is 0 Å². The Morgan fingerprint density at radius 1 is 1.37 bits per heavy atom. The molecule has 0 amide bonds. The zero-order valence-corrected chi connectivity index (χ0v) is 12.8. The topological polar surface area (TPSA) is 70.7 Å². The molecule has 19 heavy (non-hydrogen) atoms. The number of nitrogens with zero attached hydrogens (tertiary/aromatic N) is 1. The highest BCUT2D eigenvalue weighted by molar-refractivity contribution is 7.89. The lowest BCUT2D eigenvalue weighted by molar-refractivity contribution is -0.0229. The van der Waals surface area contributed by atoms with Gasteiger partial charge >= 0.3 is 0 Å². The lowest BCUT2D eigenvalue weighted by atomic mass is 10.3. The van der Waals surface area contributed by atoms with E-state index in [0.717, 1.165) is 32.6 Å². The van der Waals surface area contributed by atoms with E-state index >= 15 is 0 Å². The third-order valence-electron chi connectivity index (χ3n) is 3.29. The zero-order chi connectivity index (χ0) is 14.1. The van der Waals surface area contributed by atoms with Gasteiger partial charge in [-0.15, -0.1) is 0 Å². The van der Waals surface area contributed by atoms with Crippen molar-refractivity contribution in [2.75, 3.05) is 52.1 Å². The fourth-order valence-corrected chi connectivity index (χ4v) is 3.25. The summed E-state index contributed by atoms with van der Waals surface area (Å²) in [6.45, 7) is 6.74. The van der Waals surface area contributed by atoms with E-state index in [1.807, 2.05) is 7.05 Å². The van der Waals surface area contributed by atoms with Gasteiger partial charge in [-0.2, -0.15) is 0 Å². The van der Waals surface area contributed by atoms with E-state index in [0.29, 0.717) is 19.6 Å². The summed E-state index contributed by atoms with van der Waals surface area (Å²) in [6, 6.07) is 0. The number of rotatable bonds is 9. The highest BCUT2D eigenvalue weighted by Crippen LogP contribution is 2.04. The lowest BCUT2D eigenvalue weighted by Gasteiger charge is -2.32. The first-order chi connectivity index (χ1) is 9.07. The number of hydrogen-bond acceptors (Lipinski definition) is 5. The van der Waals surface area contributed by atoms with Gasteiger partial charge in [0.15, 0.2) is 0 Å². The number of ether oxygens (including phenoxy) is 1. The van der Waals surface area contributed by atoms with Gasteiger partial charge in [0, 0.05) is 19.6 Å². The second-order valence-corrected chi connectivity index (χ2v) is 6.79. The Morgan fingerprint density at radius 2 is 2.16 bits per heavy atom. The van der Waals surface area contributed by atoms with Gasteiger partial charge < -0.3 is 10.1 Å². The largest absolute Gasteiger partial charge is 0.374 e. The SMILES string of the molecule is CCN1CCOC(CNS(=O)(=O)CCCCNC)C1. The highest BCUT2D eigenvalue weighted by Gasteiger charge is 2.21. The maximum Gasteiger partial charge on any atom is 0.211 e. The summed E-state index contributed by atoms with van der Waals surface area (Å²) in [5.41, 5.74) is 0. The Bertz CT molecular complexity index is 335. The molecule has 0 saturated carbocycles. The van der Waals surface area contributed by atoms with Crippen molar-refractivity contribution in [1.29, 1.82) is 0 Å². The maximum absolute atomic E-state index is 11.8. The first-order valence-electron chi connectivity index (χ1n) is 7.03. The number of sulfonamides is 1. The molecule has 2 N–H and O–H groups in total. The molecule has 0 spiro atoms. The molecule has 7 heteroatoms. The first-order valence-corrected chi connectivity index (χ1v) is 8.68. The molecule has 1 aliphatic heterocycles. The van der Waals surface area contributed by atoms with Crippen molar-refractivity contribution in [2.45, 2.75) is 25.9 Å². The summed E-state index contributed by atoms with van der Waals surface area (Å²) in [4.78, 5) is 2.27. The Labute approximate surface area is 116 Å². The van der Waals surface area contributed by atoms with E-state index in [9.17, 15) is 8.42 Å². The summed E-state index contributed by atoms with van der Waals surface area (Å²) in [5, 5.41) is 3.01. The molecular weight excluding hydrogens is 266 g/mol. The molecular formula is C12H27N3O3S. The molecule has 0 radical (unpaired) electrons. The summed E-state index contributed by atoms with van der Waals surface area (Å²) >= 11 is 0. The van der Waals surface area contributed by atoms with Crippen LogP contribution in [0.5, 0.6) is 0 Å². The van der Waals surface area contributed by atoms with Gasteiger partial charge in [0.25, 0.3) is 0 Å². The smallest absolute Gasteiger partial charge is 0.211 e. The average Bonchev–Trinajstić information content (AvgIpc) is 2.42. The Balaban J connectivity index is 2.22. The number of unbranched alkanes of at least 4 members (excludes halogenated alkanes) is 1. The molecule has 1 saturated heterocycles. The molecule has 6 nitrogen and oxygen atoms in total. The van der Waals surface area contributed by atoms with E-state index < -0.39 is 10.0 Å². The number of nitrogens with one attached hydrogen (secondary N) is 2. The number of hydrogen-bond donors (Lipinski definition) is 2. The molecule has 0 aromatic heterocycles. The Morgan fingerprint density at radius 3 is 2.84 bits per heavy atom. The van der Waals surface area contributed by atoms with Gasteiger partial charge in [-0.1, -0.05) is 6.92 Å². The third-order valence-corrected chi connectivity index (χ3v) is 4.72. The van der Waals surface area contributed by atoms with Crippen LogP contribution in [0.25, 0.3) is 0 Å². The van der Waals surface area contributed by atoms with Gasteiger partial charge in [0.1, 0.15) is 0 Å². The molecule has 1 fully saturated rings. The monoisotopic (exact) mass is 293 g/mol. The molecule has 0 aromatic carbocycles. The van der Waals surface area contributed by atoms with Crippen molar-refractivity contribution in [1.82, 2.24) is 14.9 Å². The van der Waals surface area contributed by atoms with Crippen molar-refractivity contribution >= 4 is 10.0 Å². The predicted molar refractivity (Wildman–Crippen MR) is 76.8 cm³/mol. The second kappa shape index (κ2) is 8.86. The summed E-state index contributed by atoms with van der Waals surface area (Å²) in [6.07, 6.45) is 1.53. The molecule has 1 atom stereocenters. The van der Waals surface area contributed by atoms with Gasteiger partial charge in [-0.05, 0) is 33.0 Å². The van der Waals surface area contributed by atoms with Gasteiger partial charge in [0.2, 0.25) is 10.0 Å². The minimum absolute atomic E-state index is 0.0271. The van der Waals surface area contributed by atoms with Crippen molar-refractivity contribution in [3.05, 3.63) is 0 Å². The Kier molecular flexibility index (Phi) is 7.86. The van der Waals surface area contributed by atoms with Crippen LogP contribution in [0.15, 0.2) is 0 Å². The summed E-state index contributed by atoms with van der Waals surface area (Å²) < 4.78 is 31.8. The van der Waals surface area contributed by atoms with E-state index in [4.69, 9.17) is 4.74 Å². The Hall–Kier alpha value is -0.210. The number of likely N-dealkylation sites (N-methyl/N-ethyl adjacent to an activating group) is 1. The van der Waals surface area contributed by atoms with Crippen LogP contribution in [0.2, 0.25) is 0 Å². The van der Waals surface area contributed by atoms with Crippen LogP contribution in [0, 0.1) is 0 Å². The van der Waals surface area contributed by atoms with Crippen LogP contribution in [-0.4, -0.2) is 71.6 Å². The van der Waals surface area contributed by atoms with Crippen LogP contribution in [0.4, 0.5) is 0 Å². The van der Waals surface area contributed by atoms with Gasteiger partial charge in [-0.25, -0.2) is 13.1 Å². The first kappa shape index (κ1) is 16.8. The molecule has 1 aliphatic rings. The third kappa shape index (κ3) is 7.22. The van der Waals surface area contributed by atoms with E-state index in [-0.39, 0.29) is 11.9 Å². The normalized spacial score (nSPS) is 21.7. The molecule has 114 valence electrons. The van der Waals surface area contributed by atoms with Crippen LogP contribution >= 0.6 is 0 Å². The molecule has 0 aliphatic carbocycles. The molecule has 0 aromatic rings. The van der Waals surface area contributed by atoms with Crippen LogP contribution in [0.1, 0.15) is 19.8 Å². The quantitative estimate of drug-likeness (QED) is 0.568. The standard InChI is InChI=1S/C12H27N3O3S/c1-3-15-7-8-18-12(11-15)10-14-19(16,17)9-5-4-6-13-2/h12-14H,3-11H2,1-2H3. The highest BCUT2D eigenvalue weighted by atomic mass is 32.2.